The van der Waals surface area contributed by atoms with E-state index in [4.69, 9.17) is 34.9 Å². The molecule has 2 spiro atoms. The molecule has 2 aromatic heterocycles. The quantitative estimate of drug-likeness (QED) is 0.309. The lowest BCUT2D eigenvalue weighted by Gasteiger charge is -2.49. The normalized spacial score (nSPS) is 27.7. The highest BCUT2D eigenvalue weighted by atomic mass is 19.1. The average Bonchev–Trinajstić information content (AvgIpc) is 3.73. The maximum Gasteiger partial charge on any atom is 0.219 e. The number of likely N-dealkylation sites (tertiary alicyclic amines) is 1. The third-order valence-corrected chi connectivity index (χ3v) is 10.9. The Bertz CT molecular complexity index is 1670. The smallest absolute Gasteiger partial charge is 0.219 e. The number of halogens is 1. The molecule has 244 valence electrons. The van der Waals surface area contributed by atoms with Crippen molar-refractivity contribution in [2.24, 2.45) is 4.99 Å². The maximum absolute atomic E-state index is 14.3. The molecule has 2 aliphatic carbocycles. The first-order chi connectivity index (χ1) is 22.3. The zero-order valence-electron chi connectivity index (χ0n) is 26.9. The Labute approximate surface area is 268 Å². The van der Waals surface area contributed by atoms with E-state index >= 15 is 0 Å². The van der Waals surface area contributed by atoms with E-state index in [0.717, 1.165) is 80.1 Å². The Morgan fingerprint density at radius 3 is 2.87 bits per heavy atom. The molecule has 3 saturated heterocycles. The molecule has 3 aliphatic heterocycles. The molecule has 46 heavy (non-hydrogen) atoms. The minimum absolute atomic E-state index is 0.0400. The highest BCUT2D eigenvalue weighted by molar-refractivity contribution is 5.91. The second-order valence-electron chi connectivity index (χ2n) is 13.9. The number of aromatic nitrogens is 3. The van der Waals surface area contributed by atoms with E-state index < -0.39 is 6.17 Å². The van der Waals surface area contributed by atoms with Gasteiger partial charge in [-0.05, 0) is 69.7 Å². The van der Waals surface area contributed by atoms with E-state index in [9.17, 15) is 4.39 Å². The number of fused-ring (bicyclic) bond motifs is 4. The first kappa shape index (κ1) is 29.8. The Morgan fingerprint density at radius 1 is 1.24 bits per heavy atom. The zero-order valence-corrected chi connectivity index (χ0v) is 26.9. The lowest BCUT2D eigenvalue weighted by atomic mass is 9.68. The highest BCUT2D eigenvalue weighted by Gasteiger charge is 2.49. The van der Waals surface area contributed by atoms with Gasteiger partial charge in [-0.25, -0.2) is 9.37 Å². The minimum Gasteiger partial charge on any atom is -0.473 e. The average molecular weight is 631 g/mol. The summed E-state index contributed by atoms with van der Waals surface area (Å²) in [6.45, 7) is 6.15. The van der Waals surface area contributed by atoms with Crippen molar-refractivity contribution >= 4 is 17.7 Å². The van der Waals surface area contributed by atoms with Gasteiger partial charge < -0.3 is 29.9 Å². The molecule has 12 heteroatoms. The topological polar surface area (TPSA) is 127 Å². The monoisotopic (exact) mass is 630 g/mol. The van der Waals surface area contributed by atoms with Crippen LogP contribution < -0.4 is 20.7 Å². The van der Waals surface area contributed by atoms with Crippen molar-refractivity contribution in [1.82, 2.24) is 25.3 Å². The summed E-state index contributed by atoms with van der Waals surface area (Å²) >= 11 is 0. The molecule has 0 amide bonds. The molecule has 3 aromatic rings. The van der Waals surface area contributed by atoms with Gasteiger partial charge in [0.1, 0.15) is 18.1 Å². The summed E-state index contributed by atoms with van der Waals surface area (Å²) in [6, 6.07) is 6.01. The summed E-state index contributed by atoms with van der Waals surface area (Å²) in [5.74, 6) is 2.63. The van der Waals surface area contributed by atoms with Gasteiger partial charge >= 0.3 is 0 Å². The Morgan fingerprint density at radius 2 is 2.11 bits per heavy atom. The van der Waals surface area contributed by atoms with Crippen LogP contribution in [-0.2, 0) is 23.0 Å². The largest absolute Gasteiger partial charge is 0.473 e. The third-order valence-electron chi connectivity index (χ3n) is 10.9. The second kappa shape index (κ2) is 11.3. The molecule has 0 unspecified atom stereocenters. The summed E-state index contributed by atoms with van der Waals surface area (Å²) in [5.41, 5.74) is 12.0. The van der Waals surface area contributed by atoms with Gasteiger partial charge in [0.25, 0.3) is 0 Å². The highest BCUT2D eigenvalue weighted by Crippen LogP contribution is 2.54. The number of ether oxygens (including phenoxy) is 2. The van der Waals surface area contributed by atoms with E-state index in [1.807, 2.05) is 37.2 Å². The summed E-state index contributed by atoms with van der Waals surface area (Å²) < 4.78 is 32.7. The summed E-state index contributed by atoms with van der Waals surface area (Å²) in [4.78, 5) is 18.7. The summed E-state index contributed by atoms with van der Waals surface area (Å²) in [7, 11) is 3.73. The molecule has 8 rings (SSSR count). The van der Waals surface area contributed by atoms with Crippen molar-refractivity contribution in [3.8, 4) is 17.4 Å². The molecule has 0 saturated carbocycles. The summed E-state index contributed by atoms with van der Waals surface area (Å²) in [6.07, 6.45) is 5.85. The number of hydrogen-bond donors (Lipinski definition) is 2. The van der Waals surface area contributed by atoms with Gasteiger partial charge in [0, 0.05) is 68.4 Å². The van der Waals surface area contributed by atoms with Gasteiger partial charge in [0.2, 0.25) is 5.88 Å². The van der Waals surface area contributed by atoms with Gasteiger partial charge in [-0.15, -0.1) is 0 Å². The Balaban J connectivity index is 1.20. The van der Waals surface area contributed by atoms with E-state index in [-0.39, 0.29) is 23.1 Å². The van der Waals surface area contributed by atoms with Crippen LogP contribution in [0.3, 0.4) is 0 Å². The van der Waals surface area contributed by atoms with Crippen molar-refractivity contribution in [3.63, 3.8) is 0 Å². The molecule has 11 nitrogen and oxygen atoms in total. The van der Waals surface area contributed by atoms with Gasteiger partial charge in [-0.3, -0.25) is 9.89 Å². The number of nitrogen functional groups attached to an aromatic ring is 1. The Kier molecular flexibility index (Phi) is 7.30. The molecular weight excluding hydrogens is 587 g/mol. The molecule has 4 atom stereocenters. The van der Waals surface area contributed by atoms with E-state index in [0.29, 0.717) is 43.6 Å². The molecule has 5 heterocycles. The van der Waals surface area contributed by atoms with Crippen LogP contribution in [0.4, 0.5) is 15.9 Å². The number of alkyl halides is 1. The number of likely N-dealkylation sites (N-methyl/N-ethyl adjacent to an activating group) is 1. The van der Waals surface area contributed by atoms with Gasteiger partial charge in [0.05, 0.1) is 24.2 Å². The number of aliphatic imine (C=N–C) groups is 1. The van der Waals surface area contributed by atoms with Crippen LogP contribution >= 0.6 is 0 Å². The first-order valence-electron chi connectivity index (χ1n) is 16.6. The van der Waals surface area contributed by atoms with E-state index in [2.05, 4.69) is 21.3 Å². The molecule has 3 fully saturated rings. The fourth-order valence-corrected chi connectivity index (χ4v) is 8.66. The van der Waals surface area contributed by atoms with Crippen LogP contribution in [0, 0.1) is 0 Å². The fourth-order valence-electron chi connectivity index (χ4n) is 8.66. The fraction of sp³-hybridized carbons (Fsp3) is 0.588. The molecule has 1 aromatic carbocycles. The number of benzene rings is 1. The number of nitrogens with one attached hydrogen (secondary N) is 1. The summed E-state index contributed by atoms with van der Waals surface area (Å²) in [5, 5.41) is 8.32. The predicted molar refractivity (Wildman–Crippen MR) is 174 cm³/mol. The van der Waals surface area contributed by atoms with Gasteiger partial charge in [0.15, 0.2) is 17.3 Å². The maximum atomic E-state index is 14.3. The Hall–Kier alpha value is -3.61. The van der Waals surface area contributed by atoms with E-state index in [1.54, 1.807) is 7.05 Å². The number of hydrogen-bond acceptors (Lipinski definition) is 11. The van der Waals surface area contributed by atoms with Crippen molar-refractivity contribution in [1.29, 1.82) is 0 Å². The van der Waals surface area contributed by atoms with Crippen LogP contribution in [0.1, 0.15) is 60.6 Å². The molecular formula is C34H43FN8O3. The van der Waals surface area contributed by atoms with Crippen LogP contribution in [0.25, 0.3) is 11.5 Å². The standard InChI is InChI=1S/C34H43FN8O3/c1-20(26-13-22(35)16-42(26)3)45-28-14-27(43-12-11-38-33(17-43)18-44-19-33)39-32(40-28)30-23-5-4-9-34(31(23)46-41-30)10-8-21-6-7-25(36)24(15-37-2)29(21)34/h6-7,14-15,20,22,26,38H,4-5,8-13,16-19,36H2,1-3H3/t20-,22+,26-,34-/m0/s1. The third kappa shape index (κ3) is 4.79. The SMILES string of the molecule is CN=Cc1c(N)ccc2c1[C@]1(CCCc3c(-c4nc(O[C@@H](C)[C@@H]5C[C@@H](F)CN5C)cc(N5CCNC6(COC6)C5)n4)noc31)CC2. The number of anilines is 2. The number of nitrogens with two attached hydrogens (primary N) is 1. The van der Waals surface area contributed by atoms with Crippen molar-refractivity contribution < 1.29 is 18.4 Å². The van der Waals surface area contributed by atoms with Crippen molar-refractivity contribution in [2.75, 3.05) is 64.1 Å². The van der Waals surface area contributed by atoms with Crippen LogP contribution in [0.5, 0.6) is 5.88 Å². The molecule has 0 bridgehead atoms. The zero-order chi connectivity index (χ0) is 31.6. The van der Waals surface area contributed by atoms with Crippen LogP contribution in [-0.4, -0.2) is 104 Å². The molecule has 3 N–H and O–H groups in total. The lowest BCUT2D eigenvalue weighted by Crippen LogP contribution is -2.70. The number of aryl methyl sites for hydroxylation is 1. The molecule has 0 radical (unpaired) electrons. The predicted octanol–water partition coefficient (Wildman–Crippen LogP) is 3.32. The van der Waals surface area contributed by atoms with Crippen LogP contribution in [0.15, 0.2) is 27.7 Å². The molecule has 5 aliphatic rings. The van der Waals surface area contributed by atoms with Crippen LogP contribution in [0.2, 0.25) is 0 Å². The first-order valence-corrected chi connectivity index (χ1v) is 16.6. The van der Waals surface area contributed by atoms with Gasteiger partial charge in [-0.2, -0.15) is 4.98 Å². The number of piperazine rings is 1. The lowest BCUT2D eigenvalue weighted by molar-refractivity contribution is -0.0743. The van der Waals surface area contributed by atoms with Crippen molar-refractivity contribution in [3.05, 3.63) is 46.2 Å². The number of rotatable bonds is 6. The van der Waals surface area contributed by atoms with Gasteiger partial charge in [-0.1, -0.05) is 11.2 Å². The van der Waals surface area contributed by atoms with Crippen molar-refractivity contribution in [2.45, 2.75) is 74.7 Å². The number of nitrogens with zero attached hydrogens (tertiary/aromatic N) is 6. The van der Waals surface area contributed by atoms with E-state index in [1.165, 1.54) is 11.1 Å². The second-order valence-corrected chi connectivity index (χ2v) is 13.9. The minimum atomic E-state index is -0.853.